The first-order chi connectivity index (χ1) is 6.97. The minimum absolute atomic E-state index is 0.299. The van der Waals surface area contributed by atoms with Gasteiger partial charge in [-0.2, -0.15) is 0 Å². The highest BCUT2D eigenvalue weighted by atomic mass is 79.9. The van der Waals surface area contributed by atoms with E-state index in [4.69, 9.17) is 5.11 Å². The van der Waals surface area contributed by atoms with E-state index in [0.29, 0.717) is 18.4 Å². The maximum Gasteiger partial charge on any atom is 0.314 e. The summed E-state index contributed by atoms with van der Waals surface area (Å²) < 4.78 is 14.4. The van der Waals surface area contributed by atoms with Crippen molar-refractivity contribution in [2.75, 3.05) is 0 Å². The first kappa shape index (κ1) is 10.6. The Balaban J connectivity index is 2.54. The standard InChI is InChI=1S/C11H10BrFO2/c1-6-4-9(13)7(5-8(6)12)11(2-3-11)10(14)15/h4-5H,2-3H2,1H3,(H,14,15). The van der Waals surface area contributed by atoms with E-state index >= 15 is 0 Å². The Morgan fingerprint density at radius 1 is 1.53 bits per heavy atom. The molecule has 1 fully saturated rings. The fraction of sp³-hybridized carbons (Fsp3) is 0.364. The van der Waals surface area contributed by atoms with Gasteiger partial charge in [-0.25, -0.2) is 4.39 Å². The lowest BCUT2D eigenvalue weighted by Crippen LogP contribution is -2.21. The van der Waals surface area contributed by atoms with Crippen molar-refractivity contribution >= 4 is 21.9 Å². The fourth-order valence-electron chi connectivity index (χ4n) is 1.74. The van der Waals surface area contributed by atoms with E-state index in [1.807, 2.05) is 0 Å². The molecule has 15 heavy (non-hydrogen) atoms. The van der Waals surface area contributed by atoms with Gasteiger partial charge in [0.05, 0.1) is 5.41 Å². The lowest BCUT2D eigenvalue weighted by Gasteiger charge is -2.12. The molecule has 0 aromatic heterocycles. The molecule has 2 rings (SSSR count). The van der Waals surface area contributed by atoms with Crippen LogP contribution in [-0.4, -0.2) is 11.1 Å². The Bertz CT molecular complexity index is 438. The first-order valence-electron chi connectivity index (χ1n) is 4.67. The summed E-state index contributed by atoms with van der Waals surface area (Å²) in [6.07, 6.45) is 1.05. The number of aryl methyl sites for hydroxylation is 1. The summed E-state index contributed by atoms with van der Waals surface area (Å²) in [6.45, 7) is 1.78. The molecule has 1 aromatic carbocycles. The van der Waals surface area contributed by atoms with Gasteiger partial charge in [-0.3, -0.25) is 4.79 Å². The Kier molecular flexibility index (Phi) is 2.34. The maximum absolute atomic E-state index is 13.6. The molecule has 1 N–H and O–H groups in total. The molecular weight excluding hydrogens is 263 g/mol. The smallest absolute Gasteiger partial charge is 0.314 e. The SMILES string of the molecule is Cc1cc(F)c(C2(C(=O)O)CC2)cc1Br. The average molecular weight is 273 g/mol. The third kappa shape index (κ3) is 1.57. The van der Waals surface area contributed by atoms with Crippen molar-refractivity contribution < 1.29 is 14.3 Å². The van der Waals surface area contributed by atoms with E-state index in [1.165, 1.54) is 6.07 Å². The molecular formula is C11H10BrFO2. The Morgan fingerprint density at radius 2 is 2.13 bits per heavy atom. The highest BCUT2D eigenvalue weighted by molar-refractivity contribution is 9.10. The Morgan fingerprint density at radius 3 is 2.60 bits per heavy atom. The number of carboxylic acid groups (broad SMARTS) is 1. The molecule has 0 amide bonds. The topological polar surface area (TPSA) is 37.3 Å². The van der Waals surface area contributed by atoms with E-state index in [0.717, 1.165) is 10.0 Å². The van der Waals surface area contributed by atoms with E-state index in [-0.39, 0.29) is 0 Å². The van der Waals surface area contributed by atoms with Crippen LogP contribution in [0.4, 0.5) is 4.39 Å². The summed E-state index contributed by atoms with van der Waals surface area (Å²) in [5.41, 5.74) is 0.102. The number of hydrogen-bond donors (Lipinski definition) is 1. The second-order valence-electron chi connectivity index (χ2n) is 3.97. The van der Waals surface area contributed by atoms with Gasteiger partial charge in [-0.15, -0.1) is 0 Å². The Hall–Kier alpha value is -0.900. The summed E-state index contributed by atoms with van der Waals surface area (Å²) >= 11 is 3.29. The molecule has 1 aromatic rings. The normalized spacial score (nSPS) is 17.5. The molecule has 1 saturated carbocycles. The van der Waals surface area contributed by atoms with Gasteiger partial charge in [0.15, 0.2) is 0 Å². The predicted molar refractivity (Wildman–Crippen MR) is 57.4 cm³/mol. The minimum Gasteiger partial charge on any atom is -0.481 e. The number of hydrogen-bond acceptors (Lipinski definition) is 1. The van der Waals surface area contributed by atoms with Gasteiger partial charge in [0.2, 0.25) is 0 Å². The van der Waals surface area contributed by atoms with Crippen LogP contribution in [0.25, 0.3) is 0 Å². The molecule has 2 nitrogen and oxygen atoms in total. The van der Waals surface area contributed by atoms with Crippen LogP contribution in [0, 0.1) is 12.7 Å². The van der Waals surface area contributed by atoms with Gasteiger partial charge in [0.25, 0.3) is 0 Å². The molecule has 0 radical (unpaired) electrons. The molecule has 0 aliphatic heterocycles. The van der Waals surface area contributed by atoms with Crippen molar-refractivity contribution in [1.29, 1.82) is 0 Å². The number of carboxylic acids is 1. The van der Waals surface area contributed by atoms with E-state index in [1.54, 1.807) is 13.0 Å². The van der Waals surface area contributed by atoms with Gasteiger partial charge in [-0.05, 0) is 37.5 Å². The van der Waals surface area contributed by atoms with Crippen LogP contribution >= 0.6 is 15.9 Å². The zero-order valence-corrected chi connectivity index (χ0v) is 9.77. The number of halogens is 2. The third-order valence-electron chi connectivity index (χ3n) is 2.92. The summed E-state index contributed by atoms with van der Waals surface area (Å²) in [6, 6.07) is 2.97. The second kappa shape index (κ2) is 3.30. The van der Waals surface area contributed by atoms with Crippen LogP contribution in [-0.2, 0) is 10.2 Å². The quantitative estimate of drug-likeness (QED) is 0.899. The van der Waals surface area contributed by atoms with Crippen molar-refractivity contribution in [2.45, 2.75) is 25.2 Å². The molecule has 0 atom stereocenters. The summed E-state index contributed by atoms with van der Waals surface area (Å²) in [5.74, 6) is -1.35. The molecule has 0 spiro atoms. The summed E-state index contributed by atoms with van der Waals surface area (Å²) in [4.78, 5) is 11.1. The third-order valence-corrected chi connectivity index (χ3v) is 3.78. The second-order valence-corrected chi connectivity index (χ2v) is 4.82. The molecule has 0 heterocycles. The van der Waals surface area contributed by atoms with Crippen LogP contribution in [0.5, 0.6) is 0 Å². The average Bonchev–Trinajstić information content (AvgIpc) is 2.92. The molecule has 1 aliphatic carbocycles. The molecule has 0 unspecified atom stereocenters. The highest BCUT2D eigenvalue weighted by Gasteiger charge is 2.53. The number of aliphatic carboxylic acids is 1. The van der Waals surface area contributed by atoms with Crippen molar-refractivity contribution in [3.63, 3.8) is 0 Å². The fourth-order valence-corrected chi connectivity index (χ4v) is 2.08. The largest absolute Gasteiger partial charge is 0.481 e. The molecule has 1 aliphatic rings. The lowest BCUT2D eigenvalue weighted by molar-refractivity contribution is -0.140. The van der Waals surface area contributed by atoms with Crippen LogP contribution in [0.15, 0.2) is 16.6 Å². The van der Waals surface area contributed by atoms with Crippen molar-refractivity contribution in [2.24, 2.45) is 0 Å². The first-order valence-corrected chi connectivity index (χ1v) is 5.46. The Labute approximate surface area is 95.2 Å². The van der Waals surface area contributed by atoms with Crippen LogP contribution < -0.4 is 0 Å². The highest BCUT2D eigenvalue weighted by Crippen LogP contribution is 2.50. The predicted octanol–water partition coefficient (Wildman–Crippen LogP) is 3.01. The van der Waals surface area contributed by atoms with E-state index in [9.17, 15) is 9.18 Å². The number of carbonyl (C=O) groups is 1. The van der Waals surface area contributed by atoms with Gasteiger partial charge in [0, 0.05) is 10.0 Å². The van der Waals surface area contributed by atoms with Crippen LogP contribution in [0.3, 0.4) is 0 Å². The zero-order chi connectivity index (χ0) is 11.2. The lowest BCUT2D eigenvalue weighted by atomic mass is 9.95. The van der Waals surface area contributed by atoms with Gasteiger partial charge in [0.1, 0.15) is 5.82 Å². The maximum atomic E-state index is 13.6. The van der Waals surface area contributed by atoms with Crippen molar-refractivity contribution in [3.05, 3.63) is 33.5 Å². The monoisotopic (exact) mass is 272 g/mol. The molecule has 80 valence electrons. The van der Waals surface area contributed by atoms with Gasteiger partial charge in [-0.1, -0.05) is 15.9 Å². The van der Waals surface area contributed by atoms with Crippen LogP contribution in [0.2, 0.25) is 0 Å². The van der Waals surface area contributed by atoms with Crippen molar-refractivity contribution in [1.82, 2.24) is 0 Å². The summed E-state index contributed by atoms with van der Waals surface area (Å²) in [5, 5.41) is 9.06. The van der Waals surface area contributed by atoms with E-state index in [2.05, 4.69) is 15.9 Å². The van der Waals surface area contributed by atoms with Crippen LogP contribution in [0.1, 0.15) is 24.0 Å². The van der Waals surface area contributed by atoms with Crippen molar-refractivity contribution in [3.8, 4) is 0 Å². The molecule has 0 bridgehead atoms. The minimum atomic E-state index is -0.972. The summed E-state index contributed by atoms with van der Waals surface area (Å²) in [7, 11) is 0. The number of benzene rings is 1. The van der Waals surface area contributed by atoms with Gasteiger partial charge < -0.3 is 5.11 Å². The van der Waals surface area contributed by atoms with E-state index < -0.39 is 17.2 Å². The number of rotatable bonds is 2. The van der Waals surface area contributed by atoms with Gasteiger partial charge >= 0.3 is 5.97 Å². The molecule has 0 saturated heterocycles. The molecule has 4 heteroatoms. The zero-order valence-electron chi connectivity index (χ0n) is 8.18.